The van der Waals surface area contributed by atoms with Gasteiger partial charge >= 0.3 is 0 Å². The van der Waals surface area contributed by atoms with E-state index in [1.165, 1.54) is 6.07 Å². The summed E-state index contributed by atoms with van der Waals surface area (Å²) in [5.41, 5.74) is 1.41. The summed E-state index contributed by atoms with van der Waals surface area (Å²) in [7, 11) is -3.64. The normalized spacial score (nSPS) is 15.1. The number of benzene rings is 1. The zero-order valence-electron chi connectivity index (χ0n) is 17.2. The van der Waals surface area contributed by atoms with Crippen molar-refractivity contribution in [2.75, 3.05) is 18.4 Å². The molecular weight excluding hydrogens is 390 g/mol. The third-order valence-corrected chi connectivity index (χ3v) is 6.52. The van der Waals surface area contributed by atoms with Crippen LogP contribution in [0.2, 0.25) is 0 Å². The highest BCUT2D eigenvalue weighted by molar-refractivity contribution is 7.89. The molecule has 1 aliphatic rings. The minimum Gasteiger partial charge on any atom is -0.468 e. The quantitative estimate of drug-likeness (QED) is 0.719. The number of amides is 1. The summed E-state index contributed by atoms with van der Waals surface area (Å²) >= 11 is 0. The van der Waals surface area contributed by atoms with Crippen LogP contribution in [0.25, 0.3) is 0 Å². The number of furan rings is 1. The molecule has 1 aromatic carbocycles. The highest BCUT2D eigenvalue weighted by atomic mass is 32.2. The maximum absolute atomic E-state index is 12.8. The summed E-state index contributed by atoms with van der Waals surface area (Å²) < 4.78 is 33.7. The van der Waals surface area contributed by atoms with Crippen LogP contribution >= 0.6 is 0 Å². The number of carbonyl (C=O) groups is 1. The van der Waals surface area contributed by atoms with Crippen molar-refractivity contribution in [3.8, 4) is 0 Å². The molecular formula is C21H29N3O4S. The number of nitrogens with one attached hydrogen (secondary N) is 2. The van der Waals surface area contributed by atoms with Crippen molar-refractivity contribution in [3.63, 3.8) is 0 Å². The first-order chi connectivity index (χ1) is 13.6. The maximum Gasteiger partial charge on any atom is 0.240 e. The summed E-state index contributed by atoms with van der Waals surface area (Å²) in [6, 6.07) is 8.63. The molecule has 0 atom stereocenters. The van der Waals surface area contributed by atoms with Crippen LogP contribution in [0.1, 0.15) is 44.9 Å². The van der Waals surface area contributed by atoms with Gasteiger partial charge < -0.3 is 9.73 Å². The topological polar surface area (TPSA) is 91.7 Å². The number of hydrogen-bond acceptors (Lipinski definition) is 5. The van der Waals surface area contributed by atoms with Crippen molar-refractivity contribution in [2.45, 2.75) is 57.0 Å². The summed E-state index contributed by atoms with van der Waals surface area (Å²) in [5.74, 6) is 0.812. The lowest BCUT2D eigenvalue weighted by Gasteiger charge is -2.35. The molecule has 0 aliphatic carbocycles. The molecule has 0 bridgehead atoms. The number of sulfonamides is 1. The average molecular weight is 420 g/mol. The fourth-order valence-corrected chi connectivity index (χ4v) is 4.43. The molecule has 7 nitrogen and oxygen atoms in total. The molecule has 0 saturated carbocycles. The summed E-state index contributed by atoms with van der Waals surface area (Å²) in [5, 5.41) is 2.83. The van der Waals surface area contributed by atoms with Crippen LogP contribution in [0.15, 0.2) is 45.9 Å². The van der Waals surface area contributed by atoms with Gasteiger partial charge in [0.1, 0.15) is 5.76 Å². The standard InChI is InChI=1S/C21H29N3O4S/c1-21(2,3)24(15-17-7-5-13-28-17)12-11-22-29(26,27)18-9-10-19-16(14-18)6-4-8-20(25)23-19/h5,7,9-10,13-14,22H,4,6,8,11-12,15H2,1-3H3,(H,23,25). The van der Waals surface area contributed by atoms with Crippen molar-refractivity contribution in [3.05, 3.63) is 47.9 Å². The molecule has 0 unspecified atom stereocenters. The number of nitrogens with zero attached hydrogens (tertiary/aromatic N) is 1. The van der Waals surface area contributed by atoms with Gasteiger partial charge in [0.05, 0.1) is 17.7 Å². The van der Waals surface area contributed by atoms with Crippen LogP contribution in [0.5, 0.6) is 0 Å². The van der Waals surface area contributed by atoms with Crippen LogP contribution in [-0.4, -0.2) is 37.9 Å². The number of carbonyl (C=O) groups excluding carboxylic acids is 1. The molecule has 0 spiro atoms. The van der Waals surface area contributed by atoms with Gasteiger partial charge in [0.2, 0.25) is 15.9 Å². The molecule has 0 fully saturated rings. The second kappa shape index (κ2) is 8.69. The molecule has 1 aliphatic heterocycles. The molecule has 1 amide bonds. The van der Waals surface area contributed by atoms with E-state index in [4.69, 9.17) is 4.42 Å². The van der Waals surface area contributed by atoms with Crippen molar-refractivity contribution in [1.29, 1.82) is 0 Å². The predicted octanol–water partition coefficient (Wildman–Crippen LogP) is 3.13. The maximum atomic E-state index is 12.8. The second-order valence-electron chi connectivity index (χ2n) is 8.29. The molecule has 2 N–H and O–H groups in total. The van der Waals surface area contributed by atoms with Crippen LogP contribution < -0.4 is 10.0 Å². The average Bonchev–Trinajstić information content (AvgIpc) is 3.07. The van der Waals surface area contributed by atoms with E-state index in [2.05, 4.69) is 35.7 Å². The molecule has 8 heteroatoms. The van der Waals surface area contributed by atoms with Crippen molar-refractivity contribution in [2.24, 2.45) is 0 Å². The Morgan fingerprint density at radius 2 is 2.00 bits per heavy atom. The molecule has 0 saturated heterocycles. The highest BCUT2D eigenvalue weighted by Crippen LogP contribution is 2.25. The fraction of sp³-hybridized carbons (Fsp3) is 0.476. The number of fused-ring (bicyclic) bond motifs is 1. The Balaban J connectivity index is 1.66. The SMILES string of the molecule is CC(C)(C)N(CCNS(=O)(=O)c1ccc2c(c1)CCCC(=O)N2)Cc1ccco1. The summed E-state index contributed by atoms with van der Waals surface area (Å²) in [6.45, 7) is 7.71. The van der Waals surface area contributed by atoms with Gasteiger partial charge in [0, 0.05) is 30.7 Å². The fourth-order valence-electron chi connectivity index (χ4n) is 3.36. The largest absolute Gasteiger partial charge is 0.468 e. The molecule has 2 aromatic rings. The van der Waals surface area contributed by atoms with E-state index in [0.717, 1.165) is 11.3 Å². The van der Waals surface area contributed by atoms with Crippen LogP contribution in [0.4, 0.5) is 5.69 Å². The molecule has 29 heavy (non-hydrogen) atoms. The second-order valence-corrected chi connectivity index (χ2v) is 10.1. The Morgan fingerprint density at radius 1 is 1.21 bits per heavy atom. The van der Waals surface area contributed by atoms with E-state index in [-0.39, 0.29) is 22.9 Å². The summed E-state index contributed by atoms with van der Waals surface area (Å²) in [4.78, 5) is 14.1. The van der Waals surface area contributed by atoms with Gasteiger partial charge in [0.25, 0.3) is 0 Å². The van der Waals surface area contributed by atoms with Gasteiger partial charge in [-0.05, 0) is 69.5 Å². The minimum atomic E-state index is -3.64. The first kappa shape index (κ1) is 21.5. The zero-order valence-corrected chi connectivity index (χ0v) is 18.0. The van der Waals surface area contributed by atoms with Gasteiger partial charge in [-0.1, -0.05) is 0 Å². The molecule has 3 rings (SSSR count). The zero-order chi connectivity index (χ0) is 21.1. The third kappa shape index (κ3) is 5.68. The molecule has 0 radical (unpaired) electrons. The Labute approximate surface area is 172 Å². The first-order valence-electron chi connectivity index (χ1n) is 9.85. The van der Waals surface area contributed by atoms with Crippen LogP contribution in [-0.2, 0) is 27.8 Å². The molecule has 1 aromatic heterocycles. The number of aryl methyl sites for hydroxylation is 1. The van der Waals surface area contributed by atoms with Gasteiger partial charge in [-0.15, -0.1) is 0 Å². The highest BCUT2D eigenvalue weighted by Gasteiger charge is 2.24. The van der Waals surface area contributed by atoms with Gasteiger partial charge in [0.15, 0.2) is 0 Å². The van der Waals surface area contributed by atoms with Crippen molar-refractivity contribution >= 4 is 21.6 Å². The van der Waals surface area contributed by atoms with E-state index >= 15 is 0 Å². The van der Waals surface area contributed by atoms with E-state index in [1.807, 2.05) is 12.1 Å². The van der Waals surface area contributed by atoms with E-state index < -0.39 is 10.0 Å². The van der Waals surface area contributed by atoms with E-state index in [0.29, 0.717) is 38.0 Å². The minimum absolute atomic E-state index is 0.0312. The van der Waals surface area contributed by atoms with Crippen molar-refractivity contribution in [1.82, 2.24) is 9.62 Å². The van der Waals surface area contributed by atoms with Crippen molar-refractivity contribution < 1.29 is 17.6 Å². The summed E-state index contributed by atoms with van der Waals surface area (Å²) in [6.07, 6.45) is 3.48. The van der Waals surface area contributed by atoms with Crippen LogP contribution in [0.3, 0.4) is 0 Å². The Hall–Kier alpha value is -2.16. The van der Waals surface area contributed by atoms with Gasteiger partial charge in [-0.25, -0.2) is 13.1 Å². The first-order valence-corrected chi connectivity index (χ1v) is 11.3. The number of anilines is 1. The van der Waals surface area contributed by atoms with Gasteiger partial charge in [-0.3, -0.25) is 9.69 Å². The molecule has 2 heterocycles. The number of hydrogen-bond donors (Lipinski definition) is 2. The lowest BCUT2D eigenvalue weighted by Crippen LogP contribution is -2.45. The van der Waals surface area contributed by atoms with Crippen LogP contribution in [0, 0.1) is 0 Å². The Bertz CT molecular complexity index is 947. The third-order valence-electron chi connectivity index (χ3n) is 5.06. The monoisotopic (exact) mass is 419 g/mol. The lowest BCUT2D eigenvalue weighted by atomic mass is 10.1. The Morgan fingerprint density at radius 3 is 2.69 bits per heavy atom. The van der Waals surface area contributed by atoms with E-state index in [1.54, 1.807) is 18.4 Å². The predicted molar refractivity (Wildman–Crippen MR) is 112 cm³/mol. The lowest BCUT2D eigenvalue weighted by molar-refractivity contribution is -0.116. The smallest absolute Gasteiger partial charge is 0.240 e. The van der Waals surface area contributed by atoms with E-state index in [9.17, 15) is 13.2 Å². The molecule has 158 valence electrons. The number of rotatable bonds is 7. The van der Waals surface area contributed by atoms with Gasteiger partial charge in [-0.2, -0.15) is 0 Å². The Kier molecular flexibility index (Phi) is 6.45.